The van der Waals surface area contributed by atoms with E-state index in [4.69, 9.17) is 4.74 Å². The summed E-state index contributed by atoms with van der Waals surface area (Å²) in [6.45, 7) is 3.55. The number of fused-ring (bicyclic) bond motifs is 3. The molecule has 4 rings (SSSR count). The molecule has 0 spiro atoms. The minimum atomic E-state index is -0.0842. The van der Waals surface area contributed by atoms with Crippen molar-refractivity contribution in [2.75, 3.05) is 6.61 Å². The van der Waals surface area contributed by atoms with Gasteiger partial charge in [-0.2, -0.15) is 5.10 Å². The highest BCUT2D eigenvalue weighted by Crippen LogP contribution is 2.38. The zero-order valence-electron chi connectivity index (χ0n) is 12.6. The molecule has 1 N–H and O–H groups in total. The summed E-state index contributed by atoms with van der Waals surface area (Å²) in [5.74, 6) is 0.628. The molecule has 0 saturated carbocycles. The smallest absolute Gasteiger partial charge is 0.260 e. The zero-order valence-corrected chi connectivity index (χ0v) is 15.0. The van der Waals surface area contributed by atoms with E-state index in [-0.39, 0.29) is 5.56 Å². The van der Waals surface area contributed by atoms with Crippen molar-refractivity contribution in [3.05, 3.63) is 38.1 Å². The predicted octanol–water partition coefficient (Wildman–Crippen LogP) is 2.88. The number of hydrogen-bond acceptors (Lipinski definition) is 5. The lowest BCUT2D eigenvalue weighted by molar-refractivity contribution is 0.299. The molecule has 4 heterocycles. The number of hydrogen-bond donors (Lipinski definition) is 1. The van der Waals surface area contributed by atoms with E-state index in [1.807, 2.05) is 17.8 Å². The fourth-order valence-electron chi connectivity index (χ4n) is 2.81. The first-order chi connectivity index (χ1) is 11.2. The fourth-order valence-corrected chi connectivity index (χ4v) is 4.38. The number of H-pyrrole nitrogens is 1. The van der Waals surface area contributed by atoms with E-state index in [9.17, 15) is 4.79 Å². The molecule has 120 valence electrons. The average Bonchev–Trinajstić information content (AvgIpc) is 3.08. The molecule has 0 amide bonds. The molecule has 3 aromatic heterocycles. The Kier molecular flexibility index (Phi) is 3.73. The van der Waals surface area contributed by atoms with Gasteiger partial charge in [-0.3, -0.25) is 9.48 Å². The molecule has 3 aromatic rings. The van der Waals surface area contributed by atoms with Crippen LogP contribution in [0.1, 0.15) is 30.4 Å². The van der Waals surface area contributed by atoms with E-state index in [1.165, 1.54) is 11.3 Å². The number of rotatable bonds is 3. The van der Waals surface area contributed by atoms with Crippen LogP contribution in [0.5, 0.6) is 5.06 Å². The molecule has 0 unspecified atom stereocenters. The van der Waals surface area contributed by atoms with Crippen molar-refractivity contribution in [3.63, 3.8) is 0 Å². The molecule has 0 saturated heterocycles. The lowest BCUT2D eigenvalue weighted by Crippen LogP contribution is -2.14. The zero-order chi connectivity index (χ0) is 16.0. The van der Waals surface area contributed by atoms with Gasteiger partial charge in [-0.05, 0) is 35.7 Å². The van der Waals surface area contributed by atoms with Gasteiger partial charge in [0, 0.05) is 18.3 Å². The molecule has 23 heavy (non-hydrogen) atoms. The van der Waals surface area contributed by atoms with Crippen LogP contribution in [-0.4, -0.2) is 26.4 Å². The summed E-state index contributed by atoms with van der Waals surface area (Å²) in [7, 11) is 0. The lowest BCUT2D eigenvalue weighted by atomic mass is 10.1. The molecule has 1 aliphatic heterocycles. The van der Waals surface area contributed by atoms with Crippen molar-refractivity contribution >= 4 is 37.5 Å². The van der Waals surface area contributed by atoms with Gasteiger partial charge >= 0.3 is 0 Å². The van der Waals surface area contributed by atoms with E-state index >= 15 is 0 Å². The number of aromatic nitrogens is 4. The normalized spacial score (nSPS) is 14.0. The highest BCUT2D eigenvalue weighted by atomic mass is 79.9. The van der Waals surface area contributed by atoms with Gasteiger partial charge < -0.3 is 9.72 Å². The van der Waals surface area contributed by atoms with Crippen LogP contribution in [0.25, 0.3) is 10.2 Å². The highest BCUT2D eigenvalue weighted by Gasteiger charge is 2.21. The van der Waals surface area contributed by atoms with Crippen LogP contribution in [0.3, 0.4) is 0 Å². The molecular weight excluding hydrogens is 380 g/mol. The van der Waals surface area contributed by atoms with Gasteiger partial charge in [0.15, 0.2) is 5.06 Å². The van der Waals surface area contributed by atoms with Crippen LogP contribution in [0.2, 0.25) is 0 Å². The summed E-state index contributed by atoms with van der Waals surface area (Å²) in [4.78, 5) is 20.8. The van der Waals surface area contributed by atoms with Crippen LogP contribution in [0, 0.1) is 0 Å². The summed E-state index contributed by atoms with van der Waals surface area (Å²) < 4.78 is 8.44. The van der Waals surface area contributed by atoms with E-state index < -0.39 is 0 Å². The third kappa shape index (κ3) is 2.59. The van der Waals surface area contributed by atoms with Crippen molar-refractivity contribution in [2.24, 2.45) is 0 Å². The standard InChI is InChI=1S/C15H15BrN4O2S/c1-2-20-7-9(16)10(19-20)6-11-17-13(21)12-8-4-3-5-22-15(8)23-14(12)18-11/h7H,2-6H2,1H3,(H,17,18,21). The van der Waals surface area contributed by atoms with Gasteiger partial charge in [0.25, 0.3) is 5.56 Å². The van der Waals surface area contributed by atoms with Gasteiger partial charge in [-0.15, -0.1) is 0 Å². The first-order valence-electron chi connectivity index (χ1n) is 7.55. The Morgan fingerprint density at radius 2 is 2.39 bits per heavy atom. The SMILES string of the molecule is CCn1cc(Br)c(Cc2nc3sc4c(c3c(=O)[nH]2)CCCO4)n1. The number of aromatic amines is 1. The van der Waals surface area contributed by atoms with E-state index in [1.54, 1.807) is 0 Å². The first-order valence-corrected chi connectivity index (χ1v) is 9.16. The maximum atomic E-state index is 12.5. The molecule has 0 aliphatic carbocycles. The average molecular weight is 395 g/mol. The number of ether oxygens (including phenoxy) is 1. The Morgan fingerprint density at radius 3 is 3.17 bits per heavy atom. The summed E-state index contributed by atoms with van der Waals surface area (Å²) in [6.07, 6.45) is 4.25. The summed E-state index contributed by atoms with van der Waals surface area (Å²) >= 11 is 4.97. The van der Waals surface area contributed by atoms with Crippen LogP contribution in [0.4, 0.5) is 0 Å². The first kappa shape index (κ1) is 14.9. The lowest BCUT2D eigenvalue weighted by Gasteiger charge is -2.11. The molecule has 6 nitrogen and oxygen atoms in total. The Labute approximate surface area is 144 Å². The maximum absolute atomic E-state index is 12.5. The number of aryl methyl sites for hydroxylation is 2. The third-order valence-corrected chi connectivity index (χ3v) is 5.62. The number of nitrogens with one attached hydrogen (secondary N) is 1. The molecule has 0 radical (unpaired) electrons. The van der Waals surface area contributed by atoms with Crippen LogP contribution in [-0.2, 0) is 19.4 Å². The second kappa shape index (κ2) is 5.76. The van der Waals surface area contributed by atoms with Crippen LogP contribution in [0.15, 0.2) is 15.5 Å². The molecule has 0 aromatic carbocycles. The number of nitrogens with zero attached hydrogens (tertiary/aromatic N) is 3. The van der Waals surface area contributed by atoms with Crippen molar-refractivity contribution in [3.8, 4) is 5.06 Å². The Balaban J connectivity index is 1.76. The van der Waals surface area contributed by atoms with Crippen molar-refractivity contribution in [1.82, 2.24) is 19.7 Å². The molecular formula is C15H15BrN4O2S. The summed E-state index contributed by atoms with van der Waals surface area (Å²) in [6, 6.07) is 0. The van der Waals surface area contributed by atoms with E-state index in [0.717, 1.165) is 45.0 Å². The Morgan fingerprint density at radius 1 is 1.52 bits per heavy atom. The maximum Gasteiger partial charge on any atom is 0.260 e. The predicted molar refractivity (Wildman–Crippen MR) is 92.5 cm³/mol. The Hall–Kier alpha value is -1.67. The van der Waals surface area contributed by atoms with Crippen LogP contribution >= 0.6 is 27.3 Å². The summed E-state index contributed by atoms with van der Waals surface area (Å²) in [5.41, 5.74) is 1.79. The minimum absolute atomic E-state index is 0.0842. The van der Waals surface area contributed by atoms with Gasteiger partial charge in [0.05, 0.1) is 28.6 Å². The monoisotopic (exact) mass is 394 g/mol. The molecule has 0 fully saturated rings. The van der Waals surface area contributed by atoms with E-state index in [2.05, 4.69) is 31.0 Å². The largest absolute Gasteiger partial charge is 0.484 e. The van der Waals surface area contributed by atoms with Gasteiger partial charge in [-0.25, -0.2) is 4.98 Å². The number of thiophene rings is 1. The van der Waals surface area contributed by atoms with E-state index in [0.29, 0.717) is 24.2 Å². The summed E-state index contributed by atoms with van der Waals surface area (Å²) in [5, 5.41) is 6.02. The molecule has 8 heteroatoms. The quantitative estimate of drug-likeness (QED) is 0.740. The molecule has 1 aliphatic rings. The number of halogens is 1. The van der Waals surface area contributed by atoms with Crippen molar-refractivity contribution in [1.29, 1.82) is 0 Å². The second-order valence-electron chi connectivity index (χ2n) is 5.47. The highest BCUT2D eigenvalue weighted by molar-refractivity contribution is 9.10. The third-order valence-electron chi connectivity index (χ3n) is 3.92. The molecule has 0 atom stereocenters. The van der Waals surface area contributed by atoms with Gasteiger partial charge in [-0.1, -0.05) is 11.3 Å². The van der Waals surface area contributed by atoms with Crippen molar-refractivity contribution in [2.45, 2.75) is 32.7 Å². The van der Waals surface area contributed by atoms with Gasteiger partial charge in [0.1, 0.15) is 10.7 Å². The topological polar surface area (TPSA) is 72.8 Å². The minimum Gasteiger partial charge on any atom is -0.484 e. The van der Waals surface area contributed by atoms with Gasteiger partial charge in [0.2, 0.25) is 0 Å². The molecule has 0 bridgehead atoms. The fraction of sp³-hybridized carbons (Fsp3) is 0.400. The second-order valence-corrected chi connectivity index (χ2v) is 7.29. The van der Waals surface area contributed by atoms with Crippen LogP contribution < -0.4 is 10.3 Å². The van der Waals surface area contributed by atoms with Crippen molar-refractivity contribution < 1.29 is 4.74 Å². The Bertz CT molecular complexity index is 943.